The minimum absolute atomic E-state index is 0.210. The third-order valence-corrected chi connectivity index (χ3v) is 6.06. The Balaban J connectivity index is 1.91. The van der Waals surface area contributed by atoms with Gasteiger partial charge in [0.25, 0.3) is 5.91 Å². The van der Waals surface area contributed by atoms with E-state index in [0.29, 0.717) is 16.3 Å². The van der Waals surface area contributed by atoms with E-state index >= 15 is 0 Å². The molecular formula is C21H24N4O3S. The fourth-order valence-corrected chi connectivity index (χ4v) is 4.01. The van der Waals surface area contributed by atoms with Crippen LogP contribution in [-0.2, 0) is 4.74 Å². The predicted octanol–water partition coefficient (Wildman–Crippen LogP) is 4.30. The maximum Gasteiger partial charge on any atom is 0.341 e. The van der Waals surface area contributed by atoms with Gasteiger partial charge in [-0.05, 0) is 70.4 Å². The maximum absolute atomic E-state index is 12.9. The van der Waals surface area contributed by atoms with E-state index in [9.17, 15) is 9.59 Å². The van der Waals surface area contributed by atoms with Crippen LogP contribution in [0.15, 0.2) is 18.2 Å². The Bertz CT molecular complexity index is 1100. The van der Waals surface area contributed by atoms with E-state index < -0.39 is 11.9 Å². The Hall–Kier alpha value is -3.00. The first kappa shape index (κ1) is 20.7. The van der Waals surface area contributed by atoms with Gasteiger partial charge >= 0.3 is 5.97 Å². The molecule has 0 unspecified atom stereocenters. The number of hydrogen-bond donors (Lipinski definition) is 1. The van der Waals surface area contributed by atoms with Gasteiger partial charge in [0, 0.05) is 4.88 Å². The molecule has 0 bridgehead atoms. The number of benzene rings is 1. The maximum atomic E-state index is 12.9. The molecule has 0 aliphatic rings. The number of thiophene rings is 1. The summed E-state index contributed by atoms with van der Waals surface area (Å²) in [6, 6.07) is 5.95. The molecule has 0 atom stereocenters. The van der Waals surface area contributed by atoms with Gasteiger partial charge < -0.3 is 10.1 Å². The van der Waals surface area contributed by atoms with Crippen LogP contribution in [0.2, 0.25) is 0 Å². The molecule has 3 aromatic rings. The molecule has 2 aromatic heterocycles. The number of aryl methyl sites for hydroxylation is 3. The molecule has 29 heavy (non-hydrogen) atoms. The van der Waals surface area contributed by atoms with Crippen molar-refractivity contribution in [3.05, 3.63) is 56.7 Å². The lowest BCUT2D eigenvalue weighted by molar-refractivity contribution is 0.0527. The molecule has 0 aliphatic carbocycles. The lowest BCUT2D eigenvalue weighted by atomic mass is 10.1. The molecule has 1 aromatic carbocycles. The lowest BCUT2D eigenvalue weighted by Crippen LogP contribution is -2.16. The first-order valence-corrected chi connectivity index (χ1v) is 10.1. The van der Waals surface area contributed by atoms with Crippen molar-refractivity contribution in [2.24, 2.45) is 0 Å². The second-order valence-electron chi connectivity index (χ2n) is 6.87. The lowest BCUT2D eigenvalue weighted by Gasteiger charge is -2.08. The summed E-state index contributed by atoms with van der Waals surface area (Å²) in [5.41, 5.74) is 5.18. The van der Waals surface area contributed by atoms with Gasteiger partial charge in [-0.25, -0.2) is 9.48 Å². The molecule has 0 aliphatic heterocycles. The van der Waals surface area contributed by atoms with Gasteiger partial charge in [-0.1, -0.05) is 11.3 Å². The minimum atomic E-state index is -0.444. The molecule has 3 rings (SSSR count). The SMILES string of the molecule is CCOC(=O)c1c(NC(=O)c2nnn(-c3ccc(C)c(C)c3)c2C)sc(C)c1C. The fourth-order valence-electron chi connectivity index (χ4n) is 2.97. The summed E-state index contributed by atoms with van der Waals surface area (Å²) in [6.45, 7) is 11.6. The van der Waals surface area contributed by atoms with E-state index in [1.165, 1.54) is 16.9 Å². The van der Waals surface area contributed by atoms with Crippen LogP contribution in [0.4, 0.5) is 5.00 Å². The summed E-state index contributed by atoms with van der Waals surface area (Å²) in [4.78, 5) is 26.2. The van der Waals surface area contributed by atoms with Crippen LogP contribution in [0.25, 0.3) is 5.69 Å². The Kier molecular flexibility index (Phi) is 5.83. The number of rotatable bonds is 5. The Morgan fingerprint density at radius 1 is 1.14 bits per heavy atom. The topological polar surface area (TPSA) is 86.1 Å². The highest BCUT2D eigenvalue weighted by Gasteiger charge is 2.24. The highest BCUT2D eigenvalue weighted by molar-refractivity contribution is 7.16. The van der Waals surface area contributed by atoms with E-state index in [-0.39, 0.29) is 12.3 Å². The van der Waals surface area contributed by atoms with Crippen molar-refractivity contribution in [2.75, 3.05) is 11.9 Å². The van der Waals surface area contributed by atoms with Gasteiger partial charge in [0.05, 0.1) is 23.6 Å². The molecule has 1 N–H and O–H groups in total. The van der Waals surface area contributed by atoms with Gasteiger partial charge in [0.2, 0.25) is 0 Å². The van der Waals surface area contributed by atoms with Crippen LogP contribution in [0.3, 0.4) is 0 Å². The second-order valence-corrected chi connectivity index (χ2v) is 8.09. The molecule has 0 fully saturated rings. The van der Waals surface area contributed by atoms with Crippen molar-refractivity contribution in [2.45, 2.75) is 41.5 Å². The number of nitrogens with zero attached hydrogens (tertiary/aromatic N) is 3. The molecular weight excluding hydrogens is 388 g/mol. The zero-order valence-electron chi connectivity index (χ0n) is 17.4. The summed E-state index contributed by atoms with van der Waals surface area (Å²) in [5.74, 6) is -0.857. The van der Waals surface area contributed by atoms with Crippen LogP contribution in [-0.4, -0.2) is 33.5 Å². The number of hydrogen-bond acceptors (Lipinski definition) is 6. The number of nitrogens with one attached hydrogen (secondary N) is 1. The highest BCUT2D eigenvalue weighted by atomic mass is 32.1. The summed E-state index contributed by atoms with van der Waals surface area (Å²) >= 11 is 1.34. The molecule has 1 amide bonds. The zero-order chi connectivity index (χ0) is 21.3. The second kappa shape index (κ2) is 8.16. The molecule has 8 heteroatoms. The van der Waals surface area contributed by atoms with Crippen molar-refractivity contribution < 1.29 is 14.3 Å². The average molecular weight is 413 g/mol. The van der Waals surface area contributed by atoms with Crippen LogP contribution in [0.1, 0.15) is 55.0 Å². The smallest absolute Gasteiger partial charge is 0.341 e. The third kappa shape index (κ3) is 3.93. The van der Waals surface area contributed by atoms with Crippen LogP contribution in [0, 0.1) is 34.6 Å². The molecule has 152 valence electrons. The summed E-state index contributed by atoms with van der Waals surface area (Å²) in [6.07, 6.45) is 0. The highest BCUT2D eigenvalue weighted by Crippen LogP contribution is 2.33. The Labute approximate surface area is 173 Å². The normalized spacial score (nSPS) is 10.8. The van der Waals surface area contributed by atoms with Crippen molar-refractivity contribution in [3.63, 3.8) is 0 Å². The number of esters is 1. The van der Waals surface area contributed by atoms with Crippen molar-refractivity contribution in [3.8, 4) is 5.69 Å². The monoisotopic (exact) mass is 412 g/mol. The summed E-state index contributed by atoms with van der Waals surface area (Å²) in [7, 11) is 0. The van der Waals surface area contributed by atoms with Gasteiger partial charge in [-0.15, -0.1) is 16.4 Å². The van der Waals surface area contributed by atoms with E-state index in [4.69, 9.17) is 4.74 Å². The Morgan fingerprint density at radius 3 is 2.52 bits per heavy atom. The average Bonchev–Trinajstić information content (AvgIpc) is 3.17. The van der Waals surface area contributed by atoms with E-state index in [2.05, 4.69) is 15.6 Å². The van der Waals surface area contributed by atoms with Crippen molar-refractivity contribution >= 4 is 28.2 Å². The fraction of sp³-hybridized carbons (Fsp3) is 0.333. The standard InChI is InChI=1S/C21H24N4O3S/c1-7-28-21(27)17-13(4)15(6)29-20(17)22-19(26)18-14(5)25(24-23-18)16-9-8-11(2)12(3)10-16/h8-10H,7H2,1-6H3,(H,22,26). The van der Waals surface area contributed by atoms with E-state index in [1.54, 1.807) is 18.5 Å². The molecule has 0 radical (unpaired) electrons. The van der Waals surface area contributed by atoms with E-state index in [0.717, 1.165) is 21.7 Å². The third-order valence-electron chi connectivity index (χ3n) is 4.94. The number of amides is 1. The first-order chi connectivity index (χ1) is 13.7. The summed E-state index contributed by atoms with van der Waals surface area (Å²) < 4.78 is 6.78. The van der Waals surface area contributed by atoms with Crippen LogP contribution in [0.5, 0.6) is 0 Å². The van der Waals surface area contributed by atoms with Crippen molar-refractivity contribution in [1.82, 2.24) is 15.0 Å². The predicted molar refractivity (Wildman–Crippen MR) is 113 cm³/mol. The molecule has 0 saturated carbocycles. The van der Waals surface area contributed by atoms with Gasteiger partial charge in [-0.3, -0.25) is 4.79 Å². The minimum Gasteiger partial charge on any atom is -0.462 e. The molecule has 0 spiro atoms. The molecule has 0 saturated heterocycles. The zero-order valence-corrected chi connectivity index (χ0v) is 18.2. The number of ether oxygens (including phenoxy) is 1. The largest absolute Gasteiger partial charge is 0.462 e. The van der Waals surface area contributed by atoms with Gasteiger partial charge in [0.15, 0.2) is 5.69 Å². The van der Waals surface area contributed by atoms with Crippen molar-refractivity contribution in [1.29, 1.82) is 0 Å². The molecule has 7 nitrogen and oxygen atoms in total. The first-order valence-electron chi connectivity index (χ1n) is 9.33. The number of carbonyl (C=O) groups excluding carboxylic acids is 2. The Morgan fingerprint density at radius 2 is 1.86 bits per heavy atom. The number of anilines is 1. The summed E-state index contributed by atoms with van der Waals surface area (Å²) in [5, 5.41) is 11.5. The molecule has 2 heterocycles. The van der Waals surface area contributed by atoms with Crippen LogP contribution < -0.4 is 5.32 Å². The van der Waals surface area contributed by atoms with E-state index in [1.807, 2.05) is 45.9 Å². The van der Waals surface area contributed by atoms with Gasteiger partial charge in [0.1, 0.15) is 5.00 Å². The van der Waals surface area contributed by atoms with Gasteiger partial charge in [-0.2, -0.15) is 0 Å². The number of aromatic nitrogens is 3. The van der Waals surface area contributed by atoms with Crippen LogP contribution >= 0.6 is 11.3 Å². The quantitative estimate of drug-likeness (QED) is 0.632. The number of carbonyl (C=O) groups is 2.